The van der Waals surface area contributed by atoms with Crippen LogP contribution in [0.25, 0.3) is 0 Å². The van der Waals surface area contributed by atoms with E-state index in [1.54, 1.807) is 18.2 Å². The van der Waals surface area contributed by atoms with Gasteiger partial charge in [-0.2, -0.15) is 0 Å². The van der Waals surface area contributed by atoms with Crippen molar-refractivity contribution in [1.29, 1.82) is 0 Å². The third kappa shape index (κ3) is 1.95. The maximum Gasteiger partial charge on any atom is 0.220 e. The summed E-state index contributed by atoms with van der Waals surface area (Å²) >= 11 is 3.72. The average molecular weight is 198 g/mol. The predicted molar refractivity (Wildman–Crippen MR) is 52.9 cm³/mol. The van der Waals surface area contributed by atoms with Crippen molar-refractivity contribution in [2.45, 2.75) is 0 Å². The van der Waals surface area contributed by atoms with Crippen molar-refractivity contribution in [3.8, 4) is 11.5 Å². The number of methoxy groups -OCH3 is 2. The second-order valence-corrected chi connectivity index (χ2v) is 2.75. The van der Waals surface area contributed by atoms with E-state index in [2.05, 4.69) is 12.6 Å². The first-order chi connectivity index (χ1) is 6.20. The molecule has 0 aliphatic carbocycles. The zero-order chi connectivity index (χ0) is 9.84. The molecule has 3 nitrogen and oxygen atoms in total. The highest BCUT2D eigenvalue weighted by Crippen LogP contribution is 2.31. The molecule has 1 rings (SSSR count). The molecule has 0 unspecified atom stereocenters. The average Bonchev–Trinajstić information content (AvgIpc) is 2.16. The molecular weight excluding hydrogens is 188 g/mol. The Morgan fingerprint density at radius 3 is 2.46 bits per heavy atom. The smallest absolute Gasteiger partial charge is 0.220 e. The van der Waals surface area contributed by atoms with E-state index in [0.29, 0.717) is 17.1 Å². The minimum absolute atomic E-state index is 0.337. The molecule has 1 aromatic rings. The molecular formula is C9H10O3S. The van der Waals surface area contributed by atoms with E-state index < -0.39 is 0 Å². The molecule has 0 aliphatic heterocycles. The number of carbonyl (C=O) groups excluding carboxylic acids is 1. The summed E-state index contributed by atoms with van der Waals surface area (Å²) < 4.78 is 10.0. The van der Waals surface area contributed by atoms with E-state index in [1.807, 2.05) is 0 Å². The maximum atomic E-state index is 11.0. The van der Waals surface area contributed by atoms with Gasteiger partial charge in [-0.1, -0.05) is 6.07 Å². The van der Waals surface area contributed by atoms with Gasteiger partial charge in [-0.05, 0) is 12.1 Å². The van der Waals surface area contributed by atoms with Gasteiger partial charge in [0, 0.05) is 0 Å². The largest absolute Gasteiger partial charge is 0.493 e. The number of benzene rings is 1. The first-order valence-corrected chi connectivity index (χ1v) is 4.09. The molecule has 0 radical (unpaired) electrons. The lowest BCUT2D eigenvalue weighted by Gasteiger charge is -2.09. The van der Waals surface area contributed by atoms with Crippen LogP contribution >= 0.6 is 12.6 Å². The molecule has 0 amide bonds. The fraction of sp³-hybridized carbons (Fsp3) is 0.222. The number of carbonyl (C=O) groups is 1. The first-order valence-electron chi connectivity index (χ1n) is 3.65. The first kappa shape index (κ1) is 9.92. The Kier molecular flexibility index (Phi) is 3.19. The minimum Gasteiger partial charge on any atom is -0.493 e. The molecule has 0 fully saturated rings. The van der Waals surface area contributed by atoms with Crippen LogP contribution < -0.4 is 9.47 Å². The molecule has 0 saturated carbocycles. The second kappa shape index (κ2) is 4.18. The van der Waals surface area contributed by atoms with Crippen LogP contribution in [0.4, 0.5) is 0 Å². The van der Waals surface area contributed by atoms with Gasteiger partial charge in [0.25, 0.3) is 0 Å². The van der Waals surface area contributed by atoms with Gasteiger partial charge < -0.3 is 9.47 Å². The molecule has 4 heteroatoms. The molecule has 0 heterocycles. The molecule has 0 aromatic heterocycles. The molecule has 70 valence electrons. The van der Waals surface area contributed by atoms with Crippen LogP contribution in [0.3, 0.4) is 0 Å². The molecule has 0 bridgehead atoms. The van der Waals surface area contributed by atoms with Gasteiger partial charge in [0.15, 0.2) is 11.5 Å². The number of rotatable bonds is 3. The standard InChI is InChI=1S/C9H10O3S/c1-11-7-5-3-4-6(9(10)13)8(7)12-2/h3-5H,1-2H3,(H,10,13). The monoisotopic (exact) mass is 198 g/mol. The van der Waals surface area contributed by atoms with E-state index in [4.69, 9.17) is 9.47 Å². The lowest BCUT2D eigenvalue weighted by molar-refractivity contribution is 0.108. The lowest BCUT2D eigenvalue weighted by atomic mass is 10.2. The third-order valence-corrected chi connectivity index (χ3v) is 1.87. The molecule has 0 N–H and O–H groups in total. The summed E-state index contributed by atoms with van der Waals surface area (Å²) in [6.07, 6.45) is 0. The van der Waals surface area contributed by atoms with Crippen LogP contribution in [0.5, 0.6) is 11.5 Å². The molecule has 13 heavy (non-hydrogen) atoms. The summed E-state index contributed by atoms with van der Waals surface area (Å²) in [5, 5.41) is -0.337. The summed E-state index contributed by atoms with van der Waals surface area (Å²) in [5.74, 6) is 0.951. The topological polar surface area (TPSA) is 35.5 Å². The molecule has 1 aromatic carbocycles. The van der Waals surface area contributed by atoms with Gasteiger partial charge in [-0.15, -0.1) is 12.6 Å². The van der Waals surface area contributed by atoms with Crippen molar-refractivity contribution in [1.82, 2.24) is 0 Å². The van der Waals surface area contributed by atoms with Crippen molar-refractivity contribution in [3.63, 3.8) is 0 Å². The number of ether oxygens (including phenoxy) is 2. The predicted octanol–water partition coefficient (Wildman–Crippen LogP) is 1.77. The summed E-state index contributed by atoms with van der Waals surface area (Å²) in [4.78, 5) is 11.0. The summed E-state index contributed by atoms with van der Waals surface area (Å²) in [6.45, 7) is 0. The van der Waals surface area contributed by atoms with Gasteiger partial charge in [-0.25, -0.2) is 0 Å². The fourth-order valence-corrected chi connectivity index (χ4v) is 1.23. The minimum atomic E-state index is -0.337. The Bertz CT molecular complexity index is 323. The fourth-order valence-electron chi connectivity index (χ4n) is 1.06. The van der Waals surface area contributed by atoms with E-state index >= 15 is 0 Å². The lowest BCUT2D eigenvalue weighted by Crippen LogP contribution is -1.98. The van der Waals surface area contributed by atoms with Crippen LogP contribution in [-0.2, 0) is 0 Å². The Balaban J connectivity index is 3.27. The van der Waals surface area contributed by atoms with Crippen LogP contribution in [0.1, 0.15) is 10.4 Å². The highest BCUT2D eigenvalue weighted by molar-refractivity contribution is 7.97. The van der Waals surface area contributed by atoms with Crippen LogP contribution in [0, 0.1) is 0 Å². The van der Waals surface area contributed by atoms with Crippen molar-refractivity contribution >= 4 is 17.7 Å². The molecule has 0 saturated heterocycles. The normalized spacial score (nSPS) is 9.46. The zero-order valence-corrected chi connectivity index (χ0v) is 8.30. The second-order valence-electron chi connectivity index (χ2n) is 2.35. The number of thiol groups is 1. The number of hydrogen-bond donors (Lipinski definition) is 1. The Morgan fingerprint density at radius 2 is 2.00 bits per heavy atom. The van der Waals surface area contributed by atoms with E-state index in [1.165, 1.54) is 14.2 Å². The van der Waals surface area contributed by atoms with E-state index in [-0.39, 0.29) is 5.12 Å². The van der Waals surface area contributed by atoms with Crippen LogP contribution in [0.15, 0.2) is 18.2 Å². The molecule has 0 aliphatic rings. The Hall–Kier alpha value is -1.16. The van der Waals surface area contributed by atoms with Crippen LogP contribution in [0.2, 0.25) is 0 Å². The van der Waals surface area contributed by atoms with Gasteiger partial charge >= 0.3 is 0 Å². The van der Waals surface area contributed by atoms with Gasteiger partial charge in [0.05, 0.1) is 19.8 Å². The Morgan fingerprint density at radius 1 is 1.31 bits per heavy atom. The van der Waals surface area contributed by atoms with Crippen molar-refractivity contribution in [2.75, 3.05) is 14.2 Å². The SMILES string of the molecule is COc1cccc(C(=O)S)c1OC. The zero-order valence-electron chi connectivity index (χ0n) is 7.40. The summed E-state index contributed by atoms with van der Waals surface area (Å²) in [7, 11) is 3.00. The highest BCUT2D eigenvalue weighted by Gasteiger charge is 2.12. The Labute approximate surface area is 82.1 Å². The highest BCUT2D eigenvalue weighted by atomic mass is 32.1. The summed E-state index contributed by atoms with van der Waals surface area (Å²) in [6, 6.07) is 5.07. The van der Waals surface area contributed by atoms with Crippen LogP contribution in [-0.4, -0.2) is 19.3 Å². The molecule has 0 atom stereocenters. The van der Waals surface area contributed by atoms with Gasteiger partial charge in [0.2, 0.25) is 5.12 Å². The van der Waals surface area contributed by atoms with Crippen molar-refractivity contribution in [2.24, 2.45) is 0 Å². The quantitative estimate of drug-likeness (QED) is 0.752. The van der Waals surface area contributed by atoms with Gasteiger partial charge in [0.1, 0.15) is 0 Å². The number of para-hydroxylation sites is 1. The van der Waals surface area contributed by atoms with E-state index in [9.17, 15) is 4.79 Å². The van der Waals surface area contributed by atoms with Crippen molar-refractivity contribution < 1.29 is 14.3 Å². The summed E-state index contributed by atoms with van der Waals surface area (Å²) in [5.41, 5.74) is 0.408. The molecule has 0 spiro atoms. The number of hydrogen-bond acceptors (Lipinski definition) is 3. The third-order valence-electron chi connectivity index (χ3n) is 1.63. The van der Waals surface area contributed by atoms with E-state index in [0.717, 1.165) is 0 Å². The van der Waals surface area contributed by atoms with Crippen molar-refractivity contribution in [3.05, 3.63) is 23.8 Å². The maximum absolute atomic E-state index is 11.0. The van der Waals surface area contributed by atoms with Gasteiger partial charge in [-0.3, -0.25) is 4.79 Å².